The van der Waals surface area contributed by atoms with Crippen molar-refractivity contribution in [2.45, 2.75) is 24.2 Å². The number of sulfonamides is 1. The second-order valence-corrected chi connectivity index (χ2v) is 8.50. The molecule has 2 aromatic rings. The number of rotatable bonds is 6. The summed E-state index contributed by atoms with van der Waals surface area (Å²) in [6, 6.07) is 9.03. The lowest BCUT2D eigenvalue weighted by atomic mass is 10.1. The third-order valence-corrected chi connectivity index (χ3v) is 6.04. The number of amides is 1. The Hall–Kier alpha value is -1.90. The lowest BCUT2D eigenvalue weighted by Gasteiger charge is -2.14. The maximum atomic E-state index is 12.1. The van der Waals surface area contributed by atoms with Crippen molar-refractivity contribution in [2.24, 2.45) is 0 Å². The summed E-state index contributed by atoms with van der Waals surface area (Å²) >= 11 is 6.54. The number of carbonyl (C=O) groups excluding carboxylic acids is 2. The molecule has 9 heteroatoms. The highest BCUT2D eigenvalue weighted by atomic mass is 35.5. The van der Waals surface area contributed by atoms with Crippen LogP contribution in [0.5, 0.6) is 5.75 Å². The maximum absolute atomic E-state index is 12.1. The zero-order valence-electron chi connectivity index (χ0n) is 12.8. The standard InChI is InChI=1S/C15H14ClNO5S2/c1-9(18)11-4-3-5-12(8-11)22-10(2)15(19)17-24(20,21)14-7-6-13(16)23-14/h3-8,10H,1-2H3,(H,17,19)/t10-/m0/s1. The number of Topliss-reactive ketones (excluding diaryl/α,β-unsaturated/α-hetero) is 1. The van der Waals surface area contributed by atoms with Crippen LogP contribution in [0, 0.1) is 0 Å². The molecule has 24 heavy (non-hydrogen) atoms. The molecule has 1 heterocycles. The second-order valence-electron chi connectivity index (χ2n) is 4.87. The monoisotopic (exact) mass is 387 g/mol. The Balaban J connectivity index is 2.07. The third-order valence-electron chi connectivity index (χ3n) is 2.97. The predicted octanol–water partition coefficient (Wildman–Crippen LogP) is 2.88. The van der Waals surface area contributed by atoms with Gasteiger partial charge in [0, 0.05) is 5.56 Å². The van der Waals surface area contributed by atoms with Crippen LogP contribution in [0.3, 0.4) is 0 Å². The molecule has 0 unspecified atom stereocenters. The first-order valence-electron chi connectivity index (χ1n) is 6.78. The number of ketones is 1. The number of nitrogens with one attached hydrogen (secondary N) is 1. The van der Waals surface area contributed by atoms with Crippen molar-refractivity contribution in [1.82, 2.24) is 4.72 Å². The lowest BCUT2D eigenvalue weighted by Crippen LogP contribution is -2.39. The van der Waals surface area contributed by atoms with Crippen LogP contribution in [-0.4, -0.2) is 26.2 Å². The van der Waals surface area contributed by atoms with Gasteiger partial charge in [0.25, 0.3) is 15.9 Å². The van der Waals surface area contributed by atoms with Crippen LogP contribution in [0.1, 0.15) is 24.2 Å². The fourth-order valence-corrected chi connectivity index (χ4v) is 4.28. The highest BCUT2D eigenvalue weighted by molar-refractivity contribution is 7.92. The van der Waals surface area contributed by atoms with E-state index in [1.807, 2.05) is 4.72 Å². The number of thiophene rings is 1. The highest BCUT2D eigenvalue weighted by Gasteiger charge is 2.24. The topological polar surface area (TPSA) is 89.5 Å². The van der Waals surface area contributed by atoms with Gasteiger partial charge in [-0.3, -0.25) is 9.59 Å². The van der Waals surface area contributed by atoms with Crippen LogP contribution in [-0.2, 0) is 14.8 Å². The highest BCUT2D eigenvalue weighted by Crippen LogP contribution is 2.25. The van der Waals surface area contributed by atoms with Gasteiger partial charge < -0.3 is 4.74 Å². The molecule has 0 radical (unpaired) electrons. The van der Waals surface area contributed by atoms with Gasteiger partial charge in [0.2, 0.25) is 0 Å². The van der Waals surface area contributed by atoms with Crippen molar-refractivity contribution in [3.8, 4) is 5.75 Å². The van der Waals surface area contributed by atoms with Gasteiger partial charge in [0.15, 0.2) is 11.9 Å². The Labute approximate surface area is 148 Å². The molecule has 1 aromatic heterocycles. The number of hydrogen-bond donors (Lipinski definition) is 1. The zero-order valence-corrected chi connectivity index (χ0v) is 15.2. The molecule has 0 saturated heterocycles. The van der Waals surface area contributed by atoms with E-state index in [-0.39, 0.29) is 9.99 Å². The maximum Gasteiger partial charge on any atom is 0.274 e. The molecule has 1 N–H and O–H groups in total. The number of ether oxygens (including phenoxy) is 1. The summed E-state index contributed by atoms with van der Waals surface area (Å²) in [7, 11) is -4.00. The van der Waals surface area contributed by atoms with Gasteiger partial charge in [-0.15, -0.1) is 11.3 Å². The number of benzene rings is 1. The molecule has 0 aliphatic carbocycles. The van der Waals surface area contributed by atoms with Crippen LogP contribution in [0.4, 0.5) is 0 Å². The number of hydrogen-bond acceptors (Lipinski definition) is 6. The molecule has 0 spiro atoms. The molecule has 0 bridgehead atoms. The van der Waals surface area contributed by atoms with E-state index in [0.717, 1.165) is 11.3 Å². The Morgan fingerprint density at radius 3 is 2.54 bits per heavy atom. The minimum absolute atomic E-state index is 0.0633. The van der Waals surface area contributed by atoms with Crippen LogP contribution in [0.15, 0.2) is 40.6 Å². The van der Waals surface area contributed by atoms with Gasteiger partial charge in [-0.2, -0.15) is 0 Å². The summed E-state index contributed by atoms with van der Waals surface area (Å²) < 4.78 is 31.7. The second kappa shape index (κ2) is 7.33. The fourth-order valence-electron chi connectivity index (χ4n) is 1.75. The molecule has 1 amide bonds. The largest absolute Gasteiger partial charge is 0.481 e. The predicted molar refractivity (Wildman–Crippen MR) is 91.2 cm³/mol. The number of carbonyl (C=O) groups is 2. The van der Waals surface area contributed by atoms with Gasteiger partial charge in [-0.1, -0.05) is 23.7 Å². The smallest absolute Gasteiger partial charge is 0.274 e. The van der Waals surface area contributed by atoms with Gasteiger partial charge in [0.1, 0.15) is 9.96 Å². The lowest BCUT2D eigenvalue weighted by molar-refractivity contribution is -0.125. The minimum atomic E-state index is -4.00. The van der Waals surface area contributed by atoms with Crippen LogP contribution < -0.4 is 9.46 Å². The summed E-state index contributed by atoms with van der Waals surface area (Å²) in [6.45, 7) is 2.82. The van der Waals surface area contributed by atoms with Crippen LogP contribution in [0.2, 0.25) is 4.34 Å². The Morgan fingerprint density at radius 1 is 1.25 bits per heavy atom. The summed E-state index contributed by atoms with van der Waals surface area (Å²) in [5.41, 5.74) is 0.431. The quantitative estimate of drug-likeness (QED) is 0.770. The van der Waals surface area contributed by atoms with E-state index in [1.54, 1.807) is 18.2 Å². The number of halogens is 1. The van der Waals surface area contributed by atoms with Crippen LogP contribution >= 0.6 is 22.9 Å². The molecular formula is C15H14ClNO5S2. The Bertz CT molecular complexity index is 875. The van der Waals surface area contributed by atoms with E-state index in [4.69, 9.17) is 16.3 Å². The summed E-state index contributed by atoms with van der Waals surface area (Å²) in [5.74, 6) is -0.677. The van der Waals surface area contributed by atoms with Crippen LogP contribution in [0.25, 0.3) is 0 Å². The van der Waals surface area contributed by atoms with E-state index in [0.29, 0.717) is 15.6 Å². The van der Waals surface area contributed by atoms with Crippen molar-refractivity contribution in [3.05, 3.63) is 46.3 Å². The van der Waals surface area contributed by atoms with E-state index in [1.165, 1.54) is 32.0 Å². The minimum Gasteiger partial charge on any atom is -0.481 e. The van der Waals surface area contributed by atoms with E-state index >= 15 is 0 Å². The van der Waals surface area contributed by atoms with Gasteiger partial charge in [-0.25, -0.2) is 13.1 Å². The summed E-state index contributed by atoms with van der Waals surface area (Å²) in [4.78, 5) is 23.4. The normalized spacial score (nSPS) is 12.5. The first-order valence-corrected chi connectivity index (χ1v) is 9.46. The van der Waals surface area contributed by atoms with Crippen molar-refractivity contribution >= 4 is 44.7 Å². The van der Waals surface area contributed by atoms with E-state index < -0.39 is 22.0 Å². The average molecular weight is 388 g/mol. The van der Waals surface area contributed by atoms with Crippen molar-refractivity contribution in [1.29, 1.82) is 0 Å². The summed E-state index contributed by atoms with van der Waals surface area (Å²) in [6.07, 6.45) is -1.07. The first-order chi connectivity index (χ1) is 11.2. The van der Waals surface area contributed by atoms with Crippen molar-refractivity contribution < 1.29 is 22.7 Å². The molecule has 1 atom stereocenters. The molecule has 0 fully saturated rings. The summed E-state index contributed by atoms with van der Waals surface area (Å²) in [5, 5.41) is 0. The Kier molecular flexibility index (Phi) is 5.63. The van der Waals surface area contributed by atoms with Gasteiger partial charge >= 0.3 is 0 Å². The third kappa shape index (κ3) is 4.56. The molecule has 1 aromatic carbocycles. The van der Waals surface area contributed by atoms with Crippen molar-refractivity contribution in [3.63, 3.8) is 0 Å². The molecule has 0 aliphatic rings. The van der Waals surface area contributed by atoms with Gasteiger partial charge in [0.05, 0.1) is 4.34 Å². The van der Waals surface area contributed by atoms with Crippen molar-refractivity contribution in [2.75, 3.05) is 0 Å². The van der Waals surface area contributed by atoms with E-state index in [9.17, 15) is 18.0 Å². The molecule has 6 nitrogen and oxygen atoms in total. The Morgan fingerprint density at radius 2 is 1.96 bits per heavy atom. The molecule has 2 rings (SSSR count). The van der Waals surface area contributed by atoms with Gasteiger partial charge in [-0.05, 0) is 38.1 Å². The SMILES string of the molecule is CC(=O)c1cccc(O[C@@H](C)C(=O)NS(=O)(=O)c2ccc(Cl)s2)c1. The molecular weight excluding hydrogens is 374 g/mol. The first kappa shape index (κ1) is 18.4. The van der Waals surface area contributed by atoms with E-state index in [2.05, 4.69) is 0 Å². The molecule has 0 saturated carbocycles. The zero-order chi connectivity index (χ0) is 17.9. The molecule has 128 valence electrons. The fraction of sp³-hybridized carbons (Fsp3) is 0.200. The molecule has 0 aliphatic heterocycles. The average Bonchev–Trinajstić information content (AvgIpc) is 2.94.